The van der Waals surface area contributed by atoms with E-state index in [1.54, 1.807) is 6.07 Å². The Bertz CT molecular complexity index is 403. The van der Waals surface area contributed by atoms with Crippen molar-refractivity contribution in [3.8, 4) is 0 Å². The molecule has 86 valence electrons. The number of benzene rings is 1. The van der Waals surface area contributed by atoms with E-state index < -0.39 is 11.4 Å². The number of amides is 1. The van der Waals surface area contributed by atoms with E-state index in [4.69, 9.17) is 10.5 Å². The van der Waals surface area contributed by atoms with Crippen molar-refractivity contribution >= 4 is 11.6 Å². The van der Waals surface area contributed by atoms with Gasteiger partial charge in [-0.2, -0.15) is 0 Å². The lowest BCUT2D eigenvalue weighted by atomic mass is 9.99. The Hall–Kier alpha value is -1.46. The highest BCUT2D eigenvalue weighted by molar-refractivity contribution is 5.98. The first-order valence-electron chi connectivity index (χ1n) is 5.04. The third kappa shape index (κ3) is 2.20. The summed E-state index contributed by atoms with van der Waals surface area (Å²) in [6.07, 6.45) is 0.480. The zero-order valence-corrected chi connectivity index (χ0v) is 8.70. The number of rotatable bonds is 2. The predicted octanol–water partition coefficient (Wildman–Crippen LogP) is 0.882. The van der Waals surface area contributed by atoms with Crippen LogP contribution in [0.5, 0.6) is 0 Å². The number of anilines is 1. The summed E-state index contributed by atoms with van der Waals surface area (Å²) in [5.41, 5.74) is 5.27. The zero-order valence-electron chi connectivity index (χ0n) is 8.70. The van der Waals surface area contributed by atoms with Crippen LogP contribution in [0.25, 0.3) is 0 Å². The summed E-state index contributed by atoms with van der Waals surface area (Å²) < 4.78 is 18.0. The molecule has 1 aromatic carbocycles. The molecule has 0 saturated carbocycles. The maximum Gasteiger partial charge on any atom is 0.246 e. The highest BCUT2D eigenvalue weighted by Gasteiger charge is 2.38. The van der Waals surface area contributed by atoms with Crippen molar-refractivity contribution in [3.05, 3.63) is 30.1 Å². The normalized spacial score (nSPS) is 24.4. The second-order valence-electron chi connectivity index (χ2n) is 3.92. The fourth-order valence-corrected chi connectivity index (χ4v) is 1.58. The van der Waals surface area contributed by atoms with Gasteiger partial charge in [-0.3, -0.25) is 4.79 Å². The SMILES string of the molecule is NC1(C(=O)Nc2cccc(F)c2)CCOC1. The lowest BCUT2D eigenvalue weighted by Gasteiger charge is -2.20. The van der Waals surface area contributed by atoms with Crippen LogP contribution in [-0.4, -0.2) is 24.7 Å². The van der Waals surface area contributed by atoms with Crippen LogP contribution in [0, 0.1) is 5.82 Å². The van der Waals surface area contributed by atoms with Gasteiger partial charge in [0, 0.05) is 12.3 Å². The van der Waals surface area contributed by atoms with Gasteiger partial charge in [-0.15, -0.1) is 0 Å². The minimum Gasteiger partial charge on any atom is -0.379 e. The van der Waals surface area contributed by atoms with Crippen molar-refractivity contribution in [1.82, 2.24) is 0 Å². The molecule has 0 aromatic heterocycles. The molecule has 0 radical (unpaired) electrons. The number of nitrogens with one attached hydrogen (secondary N) is 1. The predicted molar refractivity (Wildman–Crippen MR) is 57.4 cm³/mol. The van der Waals surface area contributed by atoms with Crippen LogP contribution < -0.4 is 11.1 Å². The smallest absolute Gasteiger partial charge is 0.246 e. The molecular formula is C11H13FN2O2. The molecule has 3 N–H and O–H groups in total. The third-order valence-electron chi connectivity index (χ3n) is 2.59. The molecule has 0 spiro atoms. The van der Waals surface area contributed by atoms with Crippen LogP contribution in [0.3, 0.4) is 0 Å². The number of hydrogen-bond acceptors (Lipinski definition) is 3. The van der Waals surface area contributed by atoms with E-state index in [9.17, 15) is 9.18 Å². The quantitative estimate of drug-likeness (QED) is 0.783. The highest BCUT2D eigenvalue weighted by atomic mass is 19.1. The minimum atomic E-state index is -0.994. The van der Waals surface area contributed by atoms with Crippen LogP contribution in [0.1, 0.15) is 6.42 Å². The van der Waals surface area contributed by atoms with Gasteiger partial charge in [0.1, 0.15) is 11.4 Å². The van der Waals surface area contributed by atoms with Crippen LogP contribution in [0.2, 0.25) is 0 Å². The average Bonchev–Trinajstić information content (AvgIpc) is 2.66. The molecule has 1 fully saturated rings. The van der Waals surface area contributed by atoms with E-state index in [2.05, 4.69) is 5.32 Å². The van der Waals surface area contributed by atoms with Gasteiger partial charge in [0.2, 0.25) is 5.91 Å². The van der Waals surface area contributed by atoms with Crippen LogP contribution in [-0.2, 0) is 9.53 Å². The van der Waals surface area contributed by atoms with Crippen molar-refractivity contribution in [2.45, 2.75) is 12.0 Å². The summed E-state index contributed by atoms with van der Waals surface area (Å²) in [4.78, 5) is 11.8. The molecule has 1 aliphatic heterocycles. The van der Waals surface area contributed by atoms with E-state index in [-0.39, 0.29) is 12.5 Å². The minimum absolute atomic E-state index is 0.203. The second-order valence-corrected chi connectivity index (χ2v) is 3.92. The maximum atomic E-state index is 12.9. The Morgan fingerprint density at radius 2 is 2.38 bits per heavy atom. The van der Waals surface area contributed by atoms with E-state index in [0.717, 1.165) is 0 Å². The molecule has 0 aliphatic carbocycles. The van der Waals surface area contributed by atoms with Gasteiger partial charge in [-0.05, 0) is 24.6 Å². The molecule has 4 nitrogen and oxygen atoms in total. The van der Waals surface area contributed by atoms with Gasteiger partial charge in [0.15, 0.2) is 0 Å². The van der Waals surface area contributed by atoms with Gasteiger partial charge in [0.05, 0.1) is 6.61 Å². The molecule has 2 rings (SSSR count). The molecule has 1 aliphatic rings. The molecule has 0 bridgehead atoms. The van der Waals surface area contributed by atoms with Gasteiger partial charge in [0.25, 0.3) is 0 Å². The first-order chi connectivity index (χ1) is 7.60. The first kappa shape index (κ1) is 11.0. The standard InChI is InChI=1S/C11H13FN2O2/c12-8-2-1-3-9(6-8)14-10(15)11(13)4-5-16-7-11/h1-3,6H,4-5,7,13H2,(H,14,15). The van der Waals surface area contributed by atoms with Crippen LogP contribution >= 0.6 is 0 Å². The molecular weight excluding hydrogens is 211 g/mol. The average molecular weight is 224 g/mol. The van der Waals surface area contributed by atoms with Crippen molar-refractivity contribution in [2.24, 2.45) is 5.73 Å². The summed E-state index contributed by atoms with van der Waals surface area (Å²) in [6, 6.07) is 5.70. The molecule has 5 heteroatoms. The monoisotopic (exact) mass is 224 g/mol. The summed E-state index contributed by atoms with van der Waals surface area (Å²) in [6.45, 7) is 0.682. The van der Waals surface area contributed by atoms with Crippen LogP contribution in [0.4, 0.5) is 10.1 Å². The maximum absolute atomic E-state index is 12.9. The summed E-state index contributed by atoms with van der Waals surface area (Å²) in [7, 11) is 0. The molecule has 1 unspecified atom stereocenters. The molecule has 1 heterocycles. The number of carbonyl (C=O) groups excluding carboxylic acids is 1. The van der Waals surface area contributed by atoms with E-state index >= 15 is 0 Å². The van der Waals surface area contributed by atoms with Gasteiger partial charge in [-0.25, -0.2) is 4.39 Å². The lowest BCUT2D eigenvalue weighted by Crippen LogP contribution is -2.51. The summed E-state index contributed by atoms with van der Waals surface area (Å²) in [5.74, 6) is -0.734. The van der Waals surface area contributed by atoms with Crippen molar-refractivity contribution in [2.75, 3.05) is 18.5 Å². The fourth-order valence-electron chi connectivity index (χ4n) is 1.58. The molecule has 1 amide bonds. The van der Waals surface area contributed by atoms with Gasteiger partial charge < -0.3 is 15.8 Å². The van der Waals surface area contributed by atoms with Crippen molar-refractivity contribution in [3.63, 3.8) is 0 Å². The summed E-state index contributed by atoms with van der Waals surface area (Å²) in [5, 5.41) is 2.58. The first-order valence-corrected chi connectivity index (χ1v) is 5.04. The molecule has 1 atom stereocenters. The van der Waals surface area contributed by atoms with Crippen molar-refractivity contribution < 1.29 is 13.9 Å². The Morgan fingerprint density at radius 3 is 3.00 bits per heavy atom. The number of ether oxygens (including phenoxy) is 1. The Morgan fingerprint density at radius 1 is 1.56 bits per heavy atom. The highest BCUT2D eigenvalue weighted by Crippen LogP contribution is 2.18. The number of hydrogen-bond donors (Lipinski definition) is 2. The lowest BCUT2D eigenvalue weighted by molar-refractivity contribution is -0.121. The molecule has 16 heavy (non-hydrogen) atoms. The van der Waals surface area contributed by atoms with Gasteiger partial charge >= 0.3 is 0 Å². The Balaban J connectivity index is 2.07. The number of carbonyl (C=O) groups is 1. The number of halogens is 1. The van der Waals surface area contributed by atoms with E-state index in [1.807, 2.05) is 0 Å². The van der Waals surface area contributed by atoms with Crippen LogP contribution in [0.15, 0.2) is 24.3 Å². The summed E-state index contributed by atoms with van der Waals surface area (Å²) >= 11 is 0. The van der Waals surface area contributed by atoms with E-state index in [1.165, 1.54) is 18.2 Å². The van der Waals surface area contributed by atoms with Gasteiger partial charge in [-0.1, -0.05) is 6.07 Å². The zero-order chi connectivity index (χ0) is 11.6. The Labute approximate surface area is 92.6 Å². The molecule has 1 aromatic rings. The third-order valence-corrected chi connectivity index (χ3v) is 2.59. The topological polar surface area (TPSA) is 64.4 Å². The van der Waals surface area contributed by atoms with E-state index in [0.29, 0.717) is 18.7 Å². The molecule has 1 saturated heterocycles. The number of nitrogens with two attached hydrogens (primary N) is 1. The fraction of sp³-hybridized carbons (Fsp3) is 0.364. The largest absolute Gasteiger partial charge is 0.379 e. The second kappa shape index (κ2) is 4.19. The van der Waals surface area contributed by atoms with Crippen molar-refractivity contribution in [1.29, 1.82) is 0 Å². The Kier molecular flexibility index (Phi) is 2.89.